The first kappa shape index (κ1) is 12.7. The Bertz CT molecular complexity index is 671. The van der Waals surface area contributed by atoms with Crippen molar-refractivity contribution in [1.29, 1.82) is 0 Å². The molecule has 2 aromatic rings. The molecule has 0 spiro atoms. The van der Waals surface area contributed by atoms with E-state index in [4.69, 9.17) is 0 Å². The predicted octanol–water partition coefficient (Wildman–Crippen LogP) is -0.0477. The summed E-state index contributed by atoms with van der Waals surface area (Å²) in [5, 5.41) is 11.9. The van der Waals surface area contributed by atoms with E-state index in [9.17, 15) is 14.0 Å². The van der Waals surface area contributed by atoms with E-state index in [0.717, 1.165) is 4.79 Å². The fourth-order valence-electron chi connectivity index (χ4n) is 1.31. The number of carbonyl (C=O) groups excluding carboxylic acids is 1. The summed E-state index contributed by atoms with van der Waals surface area (Å²) in [7, 11) is 1.39. The topological polar surface area (TPSA) is 92.1 Å². The zero-order valence-corrected chi connectivity index (χ0v) is 9.92. The molecule has 2 rings (SSSR count). The SMILES string of the molecule is CNC(=O)c1n[nH]n(N=Cc2ccc(F)cc2)c1=O. The molecule has 0 aliphatic heterocycles. The second kappa shape index (κ2) is 5.25. The molecule has 0 radical (unpaired) electrons. The van der Waals surface area contributed by atoms with Crippen LogP contribution < -0.4 is 10.9 Å². The summed E-state index contributed by atoms with van der Waals surface area (Å²) in [4.78, 5) is 23.8. The van der Waals surface area contributed by atoms with Crippen LogP contribution in [0.15, 0.2) is 34.2 Å². The highest BCUT2D eigenvalue weighted by Crippen LogP contribution is 1.99. The Balaban J connectivity index is 2.25. The van der Waals surface area contributed by atoms with Crippen LogP contribution in [0.4, 0.5) is 4.39 Å². The monoisotopic (exact) mass is 263 g/mol. The van der Waals surface area contributed by atoms with Gasteiger partial charge in [-0.3, -0.25) is 9.59 Å². The van der Waals surface area contributed by atoms with Crippen LogP contribution in [0.25, 0.3) is 0 Å². The first-order valence-electron chi connectivity index (χ1n) is 5.31. The third kappa shape index (κ3) is 2.73. The smallest absolute Gasteiger partial charge is 0.320 e. The van der Waals surface area contributed by atoms with Gasteiger partial charge in [0.15, 0.2) is 0 Å². The number of H-pyrrole nitrogens is 1. The molecule has 0 saturated heterocycles. The van der Waals surface area contributed by atoms with E-state index in [1.807, 2.05) is 0 Å². The predicted molar refractivity (Wildman–Crippen MR) is 65.6 cm³/mol. The summed E-state index contributed by atoms with van der Waals surface area (Å²) in [6.07, 6.45) is 1.34. The van der Waals surface area contributed by atoms with Gasteiger partial charge in [-0.2, -0.15) is 10.3 Å². The molecule has 0 aliphatic rings. The number of aromatic nitrogens is 3. The van der Waals surface area contributed by atoms with Crippen LogP contribution in [0, 0.1) is 5.82 Å². The molecule has 0 atom stereocenters. The summed E-state index contributed by atoms with van der Waals surface area (Å²) in [5.41, 5.74) is -0.346. The van der Waals surface area contributed by atoms with Crippen LogP contribution in [-0.4, -0.2) is 34.3 Å². The van der Waals surface area contributed by atoms with Crippen LogP contribution in [0.2, 0.25) is 0 Å². The van der Waals surface area contributed by atoms with Gasteiger partial charge in [0, 0.05) is 7.05 Å². The lowest BCUT2D eigenvalue weighted by molar-refractivity contribution is 0.0957. The van der Waals surface area contributed by atoms with Gasteiger partial charge in [-0.25, -0.2) is 4.39 Å². The number of aromatic amines is 1. The minimum absolute atomic E-state index is 0.279. The maximum absolute atomic E-state index is 12.7. The maximum Gasteiger partial charge on any atom is 0.320 e. The Morgan fingerprint density at radius 3 is 2.79 bits per heavy atom. The molecule has 19 heavy (non-hydrogen) atoms. The van der Waals surface area contributed by atoms with Crippen LogP contribution in [0.3, 0.4) is 0 Å². The quantitative estimate of drug-likeness (QED) is 0.760. The number of rotatable bonds is 3. The third-order valence-electron chi connectivity index (χ3n) is 2.29. The van der Waals surface area contributed by atoms with Gasteiger partial charge in [0.25, 0.3) is 5.91 Å². The molecule has 0 fully saturated rings. The first-order valence-corrected chi connectivity index (χ1v) is 5.31. The second-order valence-electron chi connectivity index (χ2n) is 3.55. The zero-order chi connectivity index (χ0) is 13.8. The van der Waals surface area contributed by atoms with Crippen molar-refractivity contribution in [2.75, 3.05) is 7.05 Å². The largest absolute Gasteiger partial charge is 0.354 e. The first-order chi connectivity index (χ1) is 9.11. The highest BCUT2D eigenvalue weighted by molar-refractivity contribution is 5.91. The lowest BCUT2D eigenvalue weighted by atomic mass is 10.2. The Morgan fingerprint density at radius 1 is 1.47 bits per heavy atom. The number of nitrogens with zero attached hydrogens (tertiary/aromatic N) is 3. The van der Waals surface area contributed by atoms with E-state index in [1.54, 1.807) is 0 Å². The van der Waals surface area contributed by atoms with Gasteiger partial charge in [-0.15, -0.1) is 9.89 Å². The maximum atomic E-state index is 12.7. The molecule has 0 aliphatic carbocycles. The molecular weight excluding hydrogens is 253 g/mol. The van der Waals surface area contributed by atoms with Gasteiger partial charge < -0.3 is 5.32 Å². The van der Waals surface area contributed by atoms with Crippen molar-refractivity contribution in [3.8, 4) is 0 Å². The minimum Gasteiger partial charge on any atom is -0.354 e. The highest BCUT2D eigenvalue weighted by Gasteiger charge is 2.14. The molecule has 7 nitrogen and oxygen atoms in total. The molecule has 1 aromatic heterocycles. The number of amides is 1. The van der Waals surface area contributed by atoms with E-state index >= 15 is 0 Å². The molecular formula is C11H10FN5O2. The van der Waals surface area contributed by atoms with Gasteiger partial charge in [-0.1, -0.05) is 12.1 Å². The van der Waals surface area contributed by atoms with E-state index in [2.05, 4.69) is 20.7 Å². The molecule has 0 bridgehead atoms. The lowest BCUT2D eigenvalue weighted by Crippen LogP contribution is -2.26. The van der Waals surface area contributed by atoms with Crippen molar-refractivity contribution in [3.05, 3.63) is 51.7 Å². The average Bonchev–Trinajstić information content (AvgIpc) is 2.79. The lowest BCUT2D eigenvalue weighted by Gasteiger charge is -1.92. The molecule has 0 unspecified atom stereocenters. The molecule has 98 valence electrons. The fraction of sp³-hybridized carbons (Fsp3) is 0.0909. The van der Waals surface area contributed by atoms with Crippen LogP contribution >= 0.6 is 0 Å². The van der Waals surface area contributed by atoms with Crippen molar-refractivity contribution in [1.82, 2.24) is 20.4 Å². The Kier molecular flexibility index (Phi) is 3.51. The number of carbonyl (C=O) groups is 1. The van der Waals surface area contributed by atoms with Crippen LogP contribution in [-0.2, 0) is 0 Å². The standard InChI is InChI=1S/C11H10FN5O2/c1-13-10(18)9-11(19)17(16-15-9)14-6-7-2-4-8(12)5-3-7/h2-6,16H,1H3,(H,13,18). The van der Waals surface area contributed by atoms with Crippen molar-refractivity contribution in [2.24, 2.45) is 5.10 Å². The van der Waals surface area contributed by atoms with Crippen molar-refractivity contribution in [3.63, 3.8) is 0 Å². The molecule has 8 heteroatoms. The summed E-state index contributed by atoms with van der Waals surface area (Å²) in [6, 6.07) is 5.54. The van der Waals surface area contributed by atoms with E-state index in [0.29, 0.717) is 5.56 Å². The molecule has 1 heterocycles. The number of hydrogen-bond acceptors (Lipinski definition) is 4. The molecule has 2 N–H and O–H groups in total. The number of nitrogens with one attached hydrogen (secondary N) is 2. The second-order valence-corrected chi connectivity index (χ2v) is 3.55. The van der Waals surface area contributed by atoms with Gasteiger partial charge in [-0.05, 0) is 17.7 Å². The molecule has 0 saturated carbocycles. The molecule has 1 amide bonds. The van der Waals surface area contributed by atoms with Crippen LogP contribution in [0.1, 0.15) is 16.1 Å². The van der Waals surface area contributed by atoms with E-state index in [1.165, 1.54) is 37.5 Å². The van der Waals surface area contributed by atoms with E-state index < -0.39 is 11.5 Å². The van der Waals surface area contributed by atoms with Crippen LogP contribution in [0.5, 0.6) is 0 Å². The number of halogens is 1. The zero-order valence-electron chi connectivity index (χ0n) is 9.92. The Labute approximate surface area is 106 Å². The number of benzene rings is 1. The summed E-state index contributed by atoms with van der Waals surface area (Å²) < 4.78 is 12.7. The average molecular weight is 263 g/mol. The van der Waals surface area contributed by atoms with Gasteiger partial charge in [0.2, 0.25) is 5.69 Å². The van der Waals surface area contributed by atoms with E-state index in [-0.39, 0.29) is 11.5 Å². The van der Waals surface area contributed by atoms with Crippen molar-refractivity contribution >= 4 is 12.1 Å². The normalized spacial score (nSPS) is 10.8. The Morgan fingerprint density at radius 2 is 2.16 bits per heavy atom. The summed E-state index contributed by atoms with van der Waals surface area (Å²) in [5.74, 6) is -0.963. The highest BCUT2D eigenvalue weighted by atomic mass is 19.1. The number of hydrogen-bond donors (Lipinski definition) is 2. The Hall–Kier alpha value is -2.77. The van der Waals surface area contributed by atoms with Crippen molar-refractivity contribution in [2.45, 2.75) is 0 Å². The third-order valence-corrected chi connectivity index (χ3v) is 2.29. The summed E-state index contributed by atoms with van der Waals surface area (Å²) >= 11 is 0. The van der Waals surface area contributed by atoms with Gasteiger partial charge in [0.05, 0.1) is 6.21 Å². The fourth-order valence-corrected chi connectivity index (χ4v) is 1.31. The molecule has 1 aromatic carbocycles. The van der Waals surface area contributed by atoms with Crippen molar-refractivity contribution < 1.29 is 9.18 Å². The minimum atomic E-state index is -0.669. The van der Waals surface area contributed by atoms with Gasteiger partial charge >= 0.3 is 5.56 Å². The summed E-state index contributed by atoms with van der Waals surface area (Å²) in [6.45, 7) is 0. The van der Waals surface area contributed by atoms with Gasteiger partial charge in [0.1, 0.15) is 5.82 Å².